The van der Waals surface area contributed by atoms with E-state index < -0.39 is 0 Å². The van der Waals surface area contributed by atoms with E-state index in [-0.39, 0.29) is 0 Å². The predicted octanol–water partition coefficient (Wildman–Crippen LogP) is 2.43. The van der Waals surface area contributed by atoms with Crippen LogP contribution in [0.4, 0.5) is 0 Å². The summed E-state index contributed by atoms with van der Waals surface area (Å²) < 4.78 is 0. The van der Waals surface area contributed by atoms with E-state index in [1.807, 2.05) is 0 Å². The molecule has 0 amide bonds. The highest BCUT2D eigenvalue weighted by Crippen LogP contribution is 2.16. The second-order valence-electron chi connectivity index (χ2n) is 6.42. The third-order valence-electron chi connectivity index (χ3n) is 4.78. The molecule has 2 atom stereocenters. The van der Waals surface area contributed by atoms with Crippen LogP contribution in [0.15, 0.2) is 0 Å². The molecule has 1 N–H and O–H groups in total. The quantitative estimate of drug-likeness (QED) is 0.730. The summed E-state index contributed by atoms with van der Waals surface area (Å²) in [5.74, 6) is 0.764. The first-order valence-corrected chi connectivity index (χ1v) is 8.20. The summed E-state index contributed by atoms with van der Waals surface area (Å²) in [5, 5.41) is 3.75. The zero-order valence-corrected chi connectivity index (χ0v) is 13.8. The summed E-state index contributed by atoms with van der Waals surface area (Å²) in [7, 11) is 4.56. The summed E-state index contributed by atoms with van der Waals surface area (Å²) in [6.45, 7) is 11.8. The van der Waals surface area contributed by atoms with Gasteiger partial charge in [0.1, 0.15) is 0 Å². The lowest BCUT2D eigenvalue weighted by atomic mass is 9.96. The monoisotopic (exact) mass is 269 g/mol. The van der Waals surface area contributed by atoms with Crippen molar-refractivity contribution in [3.8, 4) is 0 Å². The van der Waals surface area contributed by atoms with Crippen LogP contribution >= 0.6 is 0 Å². The van der Waals surface area contributed by atoms with Crippen molar-refractivity contribution in [3.63, 3.8) is 0 Å². The molecule has 0 aromatic heterocycles. The molecule has 0 radical (unpaired) electrons. The maximum atomic E-state index is 3.75. The largest absolute Gasteiger partial charge is 0.312 e. The van der Waals surface area contributed by atoms with Crippen LogP contribution in [0.2, 0.25) is 0 Å². The fourth-order valence-corrected chi connectivity index (χ4v) is 2.95. The second-order valence-corrected chi connectivity index (χ2v) is 6.42. The Hall–Kier alpha value is -0.120. The summed E-state index contributed by atoms with van der Waals surface area (Å²) in [4.78, 5) is 5.05. The van der Waals surface area contributed by atoms with Crippen molar-refractivity contribution in [3.05, 3.63) is 0 Å². The Morgan fingerprint density at radius 3 is 2.42 bits per heavy atom. The van der Waals surface area contributed by atoms with Crippen LogP contribution in [0.25, 0.3) is 0 Å². The Morgan fingerprint density at radius 1 is 1.26 bits per heavy atom. The summed E-state index contributed by atoms with van der Waals surface area (Å²) in [5.41, 5.74) is 0. The first-order chi connectivity index (χ1) is 9.08. The van der Waals surface area contributed by atoms with Gasteiger partial charge in [0.25, 0.3) is 0 Å². The van der Waals surface area contributed by atoms with Crippen molar-refractivity contribution in [1.82, 2.24) is 15.1 Å². The second kappa shape index (κ2) is 8.93. The van der Waals surface area contributed by atoms with E-state index in [0.29, 0.717) is 6.04 Å². The van der Waals surface area contributed by atoms with Gasteiger partial charge < -0.3 is 15.1 Å². The first-order valence-electron chi connectivity index (χ1n) is 8.20. The number of likely N-dealkylation sites (N-methyl/N-ethyl adjacent to an activating group) is 1. The fourth-order valence-electron chi connectivity index (χ4n) is 2.95. The Labute approximate surface area is 120 Å². The van der Waals surface area contributed by atoms with Crippen LogP contribution in [-0.4, -0.2) is 62.2 Å². The fraction of sp³-hybridized carbons (Fsp3) is 1.00. The molecule has 19 heavy (non-hydrogen) atoms. The number of nitrogens with one attached hydrogen (secondary N) is 1. The number of rotatable bonds is 8. The minimum atomic E-state index is 0.648. The zero-order valence-electron chi connectivity index (χ0n) is 13.8. The highest BCUT2D eigenvalue weighted by atomic mass is 15.2. The molecule has 1 heterocycles. The minimum absolute atomic E-state index is 0.648. The predicted molar refractivity (Wildman–Crippen MR) is 84.7 cm³/mol. The van der Waals surface area contributed by atoms with Gasteiger partial charge in [-0.1, -0.05) is 27.2 Å². The molecule has 1 rings (SSSR count). The summed E-state index contributed by atoms with van der Waals surface area (Å²) in [6.07, 6.45) is 5.15. The molecule has 1 fully saturated rings. The van der Waals surface area contributed by atoms with E-state index in [4.69, 9.17) is 0 Å². The molecular weight excluding hydrogens is 234 g/mol. The highest BCUT2D eigenvalue weighted by molar-refractivity contribution is 4.82. The average molecular weight is 269 g/mol. The van der Waals surface area contributed by atoms with Crippen LogP contribution in [0.3, 0.4) is 0 Å². The first kappa shape index (κ1) is 16.9. The van der Waals surface area contributed by atoms with Gasteiger partial charge in [0.15, 0.2) is 0 Å². The molecule has 1 aliphatic rings. The Kier molecular flexibility index (Phi) is 7.96. The SMILES string of the molecule is CCCNC(CN(C)C1CCN(C)CC1)C(C)CC. The van der Waals surface area contributed by atoms with Crippen molar-refractivity contribution < 1.29 is 0 Å². The van der Waals surface area contributed by atoms with Gasteiger partial charge in [-0.15, -0.1) is 0 Å². The molecule has 1 saturated heterocycles. The number of likely N-dealkylation sites (tertiary alicyclic amines) is 1. The molecule has 114 valence electrons. The van der Waals surface area contributed by atoms with Crippen LogP contribution in [0, 0.1) is 5.92 Å². The molecule has 0 saturated carbocycles. The van der Waals surface area contributed by atoms with Crippen LogP contribution in [-0.2, 0) is 0 Å². The standard InChI is InChI=1S/C16H35N3/c1-6-10-17-16(14(3)7-2)13-19(5)15-8-11-18(4)12-9-15/h14-17H,6-13H2,1-5H3. The van der Waals surface area contributed by atoms with Crippen LogP contribution in [0.1, 0.15) is 46.5 Å². The third kappa shape index (κ3) is 5.80. The van der Waals surface area contributed by atoms with E-state index in [0.717, 1.165) is 18.5 Å². The van der Waals surface area contributed by atoms with Gasteiger partial charge >= 0.3 is 0 Å². The highest BCUT2D eigenvalue weighted by Gasteiger charge is 2.24. The van der Waals surface area contributed by atoms with Gasteiger partial charge in [0.2, 0.25) is 0 Å². The third-order valence-corrected chi connectivity index (χ3v) is 4.78. The van der Waals surface area contributed by atoms with Crippen molar-refractivity contribution in [1.29, 1.82) is 0 Å². The van der Waals surface area contributed by atoms with Gasteiger partial charge in [-0.25, -0.2) is 0 Å². The smallest absolute Gasteiger partial charge is 0.0220 e. The molecule has 2 unspecified atom stereocenters. The maximum Gasteiger partial charge on any atom is 0.0220 e. The molecule has 0 spiro atoms. The molecule has 3 heteroatoms. The van der Waals surface area contributed by atoms with Crippen molar-refractivity contribution in [2.45, 2.75) is 58.5 Å². The number of piperidine rings is 1. The van der Waals surface area contributed by atoms with Crippen molar-refractivity contribution in [2.75, 3.05) is 40.3 Å². The van der Waals surface area contributed by atoms with E-state index in [1.165, 1.54) is 45.3 Å². The van der Waals surface area contributed by atoms with E-state index in [2.05, 4.69) is 50.0 Å². The minimum Gasteiger partial charge on any atom is -0.312 e. The van der Waals surface area contributed by atoms with Gasteiger partial charge in [-0.05, 0) is 58.9 Å². The van der Waals surface area contributed by atoms with Crippen molar-refractivity contribution in [2.24, 2.45) is 5.92 Å². The van der Waals surface area contributed by atoms with Gasteiger partial charge in [0, 0.05) is 18.6 Å². The topological polar surface area (TPSA) is 18.5 Å². The molecule has 0 aliphatic carbocycles. The Bertz CT molecular complexity index is 224. The zero-order chi connectivity index (χ0) is 14.3. The van der Waals surface area contributed by atoms with Gasteiger partial charge in [-0.2, -0.15) is 0 Å². The molecule has 3 nitrogen and oxygen atoms in total. The molecular formula is C16H35N3. The molecule has 0 aromatic carbocycles. The average Bonchev–Trinajstić information content (AvgIpc) is 2.43. The molecule has 0 aromatic rings. The van der Waals surface area contributed by atoms with E-state index in [9.17, 15) is 0 Å². The normalized spacial score (nSPS) is 21.8. The number of hydrogen-bond donors (Lipinski definition) is 1. The van der Waals surface area contributed by atoms with Gasteiger partial charge in [0.05, 0.1) is 0 Å². The van der Waals surface area contributed by atoms with E-state index >= 15 is 0 Å². The van der Waals surface area contributed by atoms with Crippen LogP contribution in [0.5, 0.6) is 0 Å². The maximum absolute atomic E-state index is 3.75. The number of nitrogens with zero attached hydrogens (tertiary/aromatic N) is 2. The van der Waals surface area contributed by atoms with Crippen molar-refractivity contribution >= 4 is 0 Å². The lowest BCUT2D eigenvalue weighted by Gasteiger charge is -2.38. The number of hydrogen-bond acceptors (Lipinski definition) is 3. The van der Waals surface area contributed by atoms with Crippen LogP contribution < -0.4 is 5.32 Å². The molecule has 0 bridgehead atoms. The summed E-state index contributed by atoms with van der Waals surface area (Å²) in [6, 6.07) is 1.43. The van der Waals surface area contributed by atoms with Gasteiger partial charge in [-0.3, -0.25) is 0 Å². The summed E-state index contributed by atoms with van der Waals surface area (Å²) >= 11 is 0. The Morgan fingerprint density at radius 2 is 1.89 bits per heavy atom. The molecule has 1 aliphatic heterocycles. The van der Waals surface area contributed by atoms with E-state index in [1.54, 1.807) is 0 Å². The lowest BCUT2D eigenvalue weighted by Crippen LogP contribution is -2.49. The Balaban J connectivity index is 2.43. The lowest BCUT2D eigenvalue weighted by molar-refractivity contribution is 0.125.